The van der Waals surface area contributed by atoms with Gasteiger partial charge >= 0.3 is 0 Å². The third kappa shape index (κ3) is 6.27. The number of likely N-dealkylation sites (N-methyl/N-ethyl adjacent to an activating group) is 1. The van der Waals surface area contributed by atoms with E-state index >= 15 is 0 Å². The number of imide groups is 1. The topological polar surface area (TPSA) is 79.3 Å². The Bertz CT molecular complexity index is 1610. The van der Waals surface area contributed by atoms with Gasteiger partial charge in [0.25, 0.3) is 11.8 Å². The molecule has 7 heteroatoms. The largest absolute Gasteiger partial charge is 0.392 e. The third-order valence-corrected chi connectivity index (χ3v) is 8.23. The normalized spacial score (nSPS) is 19.8. The van der Waals surface area contributed by atoms with E-state index in [2.05, 4.69) is 18.5 Å². The van der Waals surface area contributed by atoms with Crippen LogP contribution in [0.2, 0.25) is 0 Å². The highest BCUT2D eigenvalue weighted by Crippen LogP contribution is 2.38. The molecule has 2 amide bonds. The van der Waals surface area contributed by atoms with Crippen molar-refractivity contribution in [2.75, 3.05) is 20.1 Å². The van der Waals surface area contributed by atoms with Gasteiger partial charge in [-0.15, -0.1) is 6.58 Å². The van der Waals surface area contributed by atoms with Crippen LogP contribution >= 0.6 is 0 Å². The SMILES string of the molecule is C=CCN(C)CC1CC(c2ccc(CO)cc2)OC(c2ccc(-c3cccc(CN4C(=O)c5ccccc5C4=O)c3)cc2)O1. The molecule has 2 aliphatic rings. The van der Waals surface area contributed by atoms with E-state index in [1.807, 2.05) is 78.9 Å². The number of amides is 2. The molecule has 1 saturated heterocycles. The molecule has 0 spiro atoms. The fourth-order valence-corrected chi connectivity index (χ4v) is 5.92. The average Bonchev–Trinajstić information content (AvgIpc) is 3.29. The predicted octanol–water partition coefficient (Wildman–Crippen LogP) is 6.31. The molecule has 7 nitrogen and oxygen atoms in total. The maximum absolute atomic E-state index is 12.9. The van der Waals surface area contributed by atoms with Crippen LogP contribution in [-0.2, 0) is 22.6 Å². The Morgan fingerprint density at radius 3 is 2.18 bits per heavy atom. The standard InChI is InChI=1S/C37H36N2O5/c1-3-19-38(2)23-31-21-34(28-13-11-25(24-40)12-14-28)44-37(43-31)29-17-15-27(16-18-29)30-8-6-7-26(20-30)22-39-35(41)32-9-4-5-10-33(32)36(39)42/h3-18,20,31,34,37,40H,1,19,21-24H2,2H3. The van der Waals surface area contributed by atoms with Crippen molar-refractivity contribution in [1.82, 2.24) is 9.80 Å². The molecule has 1 N–H and O–H groups in total. The van der Waals surface area contributed by atoms with Gasteiger partial charge in [-0.1, -0.05) is 84.9 Å². The van der Waals surface area contributed by atoms with E-state index in [4.69, 9.17) is 9.47 Å². The number of carbonyl (C=O) groups is 2. The second-order valence-electron chi connectivity index (χ2n) is 11.4. The van der Waals surface area contributed by atoms with Gasteiger partial charge in [-0.3, -0.25) is 14.5 Å². The number of benzene rings is 4. The van der Waals surface area contributed by atoms with Gasteiger partial charge in [0.05, 0.1) is 36.5 Å². The molecule has 2 aliphatic heterocycles. The van der Waals surface area contributed by atoms with Crippen LogP contribution in [0, 0.1) is 0 Å². The molecule has 3 atom stereocenters. The maximum Gasteiger partial charge on any atom is 0.261 e. The van der Waals surface area contributed by atoms with Crippen molar-refractivity contribution < 1.29 is 24.2 Å². The van der Waals surface area contributed by atoms with Crippen LogP contribution in [-0.4, -0.2) is 53.0 Å². The van der Waals surface area contributed by atoms with Crippen LogP contribution in [0.15, 0.2) is 110 Å². The lowest BCUT2D eigenvalue weighted by molar-refractivity contribution is -0.252. The van der Waals surface area contributed by atoms with Crippen LogP contribution in [0.4, 0.5) is 0 Å². The molecule has 0 saturated carbocycles. The third-order valence-electron chi connectivity index (χ3n) is 8.23. The Morgan fingerprint density at radius 1 is 0.841 bits per heavy atom. The predicted molar refractivity (Wildman–Crippen MR) is 169 cm³/mol. The van der Waals surface area contributed by atoms with E-state index in [0.29, 0.717) is 17.5 Å². The number of aliphatic hydroxyl groups is 1. The molecular formula is C37H36N2O5. The minimum absolute atomic E-state index is 0.00450. The lowest BCUT2D eigenvalue weighted by Crippen LogP contribution is -2.37. The summed E-state index contributed by atoms with van der Waals surface area (Å²) >= 11 is 0. The van der Waals surface area contributed by atoms with Gasteiger partial charge in [0, 0.05) is 25.1 Å². The Kier molecular flexibility index (Phi) is 8.82. The maximum atomic E-state index is 12.9. The van der Waals surface area contributed by atoms with Crippen molar-refractivity contribution in [2.24, 2.45) is 0 Å². The molecule has 3 unspecified atom stereocenters. The lowest BCUT2D eigenvalue weighted by atomic mass is 9.99. The molecule has 2 heterocycles. The molecule has 0 aromatic heterocycles. The summed E-state index contributed by atoms with van der Waals surface area (Å²) in [6, 6.07) is 30.9. The number of nitrogens with zero attached hydrogens (tertiary/aromatic N) is 2. The zero-order valence-electron chi connectivity index (χ0n) is 24.8. The molecule has 0 radical (unpaired) electrons. The van der Waals surface area contributed by atoms with E-state index in [0.717, 1.165) is 46.5 Å². The summed E-state index contributed by atoms with van der Waals surface area (Å²) in [4.78, 5) is 29.2. The number of fused-ring (bicyclic) bond motifs is 1. The van der Waals surface area contributed by atoms with Crippen molar-refractivity contribution in [3.8, 4) is 11.1 Å². The summed E-state index contributed by atoms with van der Waals surface area (Å²) < 4.78 is 13.0. The summed E-state index contributed by atoms with van der Waals surface area (Å²) in [5.74, 6) is -0.519. The van der Waals surface area contributed by atoms with Gasteiger partial charge in [0.15, 0.2) is 6.29 Å². The molecule has 0 bridgehead atoms. The monoisotopic (exact) mass is 588 g/mol. The highest BCUT2D eigenvalue weighted by molar-refractivity contribution is 6.21. The first kappa shape index (κ1) is 29.7. The van der Waals surface area contributed by atoms with E-state index in [1.165, 1.54) is 4.90 Å². The second-order valence-corrected chi connectivity index (χ2v) is 11.4. The summed E-state index contributed by atoms with van der Waals surface area (Å²) in [5.41, 5.74) is 6.62. The number of ether oxygens (including phenoxy) is 2. The summed E-state index contributed by atoms with van der Waals surface area (Å²) in [6.07, 6.45) is 1.87. The Morgan fingerprint density at radius 2 is 1.52 bits per heavy atom. The highest BCUT2D eigenvalue weighted by Gasteiger charge is 2.35. The molecule has 4 aromatic rings. The van der Waals surface area contributed by atoms with Gasteiger partial charge in [-0.25, -0.2) is 0 Å². The average molecular weight is 589 g/mol. The van der Waals surface area contributed by atoms with Crippen LogP contribution < -0.4 is 0 Å². The first-order valence-electron chi connectivity index (χ1n) is 14.9. The number of hydrogen-bond donors (Lipinski definition) is 1. The van der Waals surface area contributed by atoms with Crippen molar-refractivity contribution in [3.63, 3.8) is 0 Å². The van der Waals surface area contributed by atoms with Crippen molar-refractivity contribution >= 4 is 11.8 Å². The summed E-state index contributed by atoms with van der Waals surface area (Å²) in [5, 5.41) is 9.47. The van der Waals surface area contributed by atoms with Crippen molar-refractivity contribution in [2.45, 2.75) is 38.1 Å². The highest BCUT2D eigenvalue weighted by atomic mass is 16.7. The van der Waals surface area contributed by atoms with Gasteiger partial charge in [0.1, 0.15) is 0 Å². The first-order valence-corrected chi connectivity index (χ1v) is 14.9. The zero-order chi connectivity index (χ0) is 30.6. The molecule has 44 heavy (non-hydrogen) atoms. The van der Waals surface area contributed by atoms with E-state index in [9.17, 15) is 14.7 Å². The second kappa shape index (κ2) is 13.1. The minimum atomic E-state index is -0.539. The summed E-state index contributed by atoms with van der Waals surface area (Å²) in [7, 11) is 2.05. The van der Waals surface area contributed by atoms with Crippen molar-refractivity contribution in [1.29, 1.82) is 0 Å². The fourth-order valence-electron chi connectivity index (χ4n) is 5.92. The van der Waals surface area contributed by atoms with Crippen molar-refractivity contribution in [3.05, 3.63) is 143 Å². The number of carbonyl (C=O) groups excluding carboxylic acids is 2. The van der Waals surface area contributed by atoms with Gasteiger partial charge < -0.3 is 19.5 Å². The molecule has 6 rings (SSSR count). The minimum Gasteiger partial charge on any atom is -0.392 e. The Labute approximate surface area is 258 Å². The van der Waals surface area contributed by atoms with Gasteiger partial charge in [0.2, 0.25) is 0 Å². The number of rotatable bonds is 10. The number of aliphatic hydroxyl groups excluding tert-OH is 1. The Balaban J connectivity index is 1.19. The van der Waals surface area contributed by atoms with Crippen LogP contribution in [0.25, 0.3) is 11.1 Å². The van der Waals surface area contributed by atoms with Crippen LogP contribution in [0.5, 0.6) is 0 Å². The zero-order valence-corrected chi connectivity index (χ0v) is 24.8. The molecule has 1 fully saturated rings. The number of hydrogen-bond acceptors (Lipinski definition) is 6. The molecule has 4 aromatic carbocycles. The molecule has 0 aliphatic carbocycles. The summed E-state index contributed by atoms with van der Waals surface area (Å²) in [6.45, 7) is 5.58. The Hall–Kier alpha value is -4.40. The van der Waals surface area contributed by atoms with Crippen LogP contribution in [0.1, 0.15) is 61.8 Å². The lowest BCUT2D eigenvalue weighted by Gasteiger charge is -2.37. The first-order chi connectivity index (χ1) is 21.4. The smallest absolute Gasteiger partial charge is 0.261 e. The molecule has 224 valence electrons. The van der Waals surface area contributed by atoms with Gasteiger partial charge in [-0.2, -0.15) is 0 Å². The molecular weight excluding hydrogens is 552 g/mol. The van der Waals surface area contributed by atoms with Gasteiger partial charge in [-0.05, 0) is 53.1 Å². The fraction of sp³-hybridized carbons (Fsp3) is 0.243. The van der Waals surface area contributed by atoms with E-state index in [-0.39, 0.29) is 37.2 Å². The van der Waals surface area contributed by atoms with Crippen LogP contribution in [0.3, 0.4) is 0 Å². The quantitative estimate of drug-likeness (QED) is 0.173. The van der Waals surface area contributed by atoms with E-state index in [1.54, 1.807) is 24.3 Å². The van der Waals surface area contributed by atoms with E-state index < -0.39 is 6.29 Å².